The number of carbonyl (C=O) groups is 1. The molecule has 1 N–H and O–H groups in total. The van der Waals surface area contributed by atoms with E-state index in [1.807, 2.05) is 13.8 Å². The van der Waals surface area contributed by atoms with Gasteiger partial charge in [-0.05, 0) is 37.1 Å². The highest BCUT2D eigenvalue weighted by Gasteiger charge is 2.29. The molecule has 0 radical (unpaired) electrons. The van der Waals surface area contributed by atoms with E-state index in [2.05, 4.69) is 20.8 Å². The van der Waals surface area contributed by atoms with Crippen LogP contribution >= 0.6 is 0 Å². The van der Waals surface area contributed by atoms with Gasteiger partial charge in [-0.15, -0.1) is 5.10 Å². The van der Waals surface area contributed by atoms with Gasteiger partial charge < -0.3 is 5.32 Å². The Balaban J connectivity index is 1.80. The Bertz CT molecular complexity index is 369. The van der Waals surface area contributed by atoms with E-state index in [-0.39, 0.29) is 17.9 Å². The van der Waals surface area contributed by atoms with Crippen LogP contribution in [0.2, 0.25) is 0 Å². The van der Waals surface area contributed by atoms with E-state index in [1.165, 1.54) is 0 Å². The fraction of sp³-hybridized carbons (Fsp3) is 0.800. The molecule has 0 aromatic carbocycles. The van der Waals surface area contributed by atoms with Crippen molar-refractivity contribution in [3.63, 3.8) is 0 Å². The number of hydrogen-bond donors (Lipinski definition) is 1. The van der Waals surface area contributed by atoms with Gasteiger partial charge in [0.15, 0.2) is 5.82 Å². The molecule has 1 aliphatic rings. The fourth-order valence-electron chi connectivity index (χ4n) is 1.57. The Kier molecular flexibility index (Phi) is 3.17. The maximum Gasteiger partial charge on any atom is 0.223 e. The molecular weight excluding hydrogens is 206 g/mol. The summed E-state index contributed by atoms with van der Waals surface area (Å²) >= 11 is 0. The van der Waals surface area contributed by atoms with Gasteiger partial charge in [0.25, 0.3) is 0 Å². The number of rotatable bonds is 5. The van der Waals surface area contributed by atoms with Crippen LogP contribution < -0.4 is 5.32 Å². The number of tetrazole rings is 1. The van der Waals surface area contributed by atoms with Crippen LogP contribution in [0.25, 0.3) is 0 Å². The first-order valence-electron chi connectivity index (χ1n) is 5.73. The predicted molar refractivity (Wildman–Crippen MR) is 57.6 cm³/mol. The van der Waals surface area contributed by atoms with Crippen LogP contribution in [0.5, 0.6) is 0 Å². The van der Waals surface area contributed by atoms with E-state index in [4.69, 9.17) is 0 Å². The number of nitrogens with one attached hydrogen (secondary N) is 1. The van der Waals surface area contributed by atoms with Crippen LogP contribution in [0.15, 0.2) is 0 Å². The highest BCUT2D eigenvalue weighted by Crippen LogP contribution is 2.28. The van der Waals surface area contributed by atoms with E-state index in [1.54, 1.807) is 4.68 Å². The number of amides is 1. The Morgan fingerprint density at radius 2 is 2.31 bits per heavy atom. The van der Waals surface area contributed by atoms with E-state index in [0.717, 1.165) is 18.7 Å². The summed E-state index contributed by atoms with van der Waals surface area (Å²) in [6.07, 6.45) is 2.76. The predicted octanol–water partition coefficient (Wildman–Crippen LogP) is 0.323. The SMILES string of the molecule is CC(C)n1nnnc1CCNC(=O)C1CC1. The van der Waals surface area contributed by atoms with Gasteiger partial charge in [-0.3, -0.25) is 4.79 Å². The summed E-state index contributed by atoms with van der Waals surface area (Å²) in [5.74, 6) is 1.26. The molecule has 0 bridgehead atoms. The Morgan fingerprint density at radius 3 is 2.94 bits per heavy atom. The lowest BCUT2D eigenvalue weighted by Gasteiger charge is -2.08. The Hall–Kier alpha value is -1.46. The molecule has 1 aliphatic carbocycles. The first-order chi connectivity index (χ1) is 7.68. The molecule has 6 nitrogen and oxygen atoms in total. The van der Waals surface area contributed by atoms with Crippen molar-refractivity contribution >= 4 is 5.91 Å². The van der Waals surface area contributed by atoms with Crippen molar-refractivity contribution < 1.29 is 4.79 Å². The van der Waals surface area contributed by atoms with Crippen molar-refractivity contribution in [2.24, 2.45) is 5.92 Å². The first-order valence-corrected chi connectivity index (χ1v) is 5.73. The van der Waals surface area contributed by atoms with Crippen LogP contribution in [-0.2, 0) is 11.2 Å². The maximum atomic E-state index is 11.4. The molecule has 88 valence electrons. The second-order valence-corrected chi connectivity index (χ2v) is 4.45. The van der Waals surface area contributed by atoms with Crippen LogP contribution in [-0.4, -0.2) is 32.7 Å². The summed E-state index contributed by atoms with van der Waals surface area (Å²) < 4.78 is 1.78. The molecule has 1 aromatic heterocycles. The van der Waals surface area contributed by atoms with E-state index in [9.17, 15) is 4.79 Å². The van der Waals surface area contributed by atoms with Crippen molar-refractivity contribution in [2.75, 3.05) is 6.54 Å². The van der Waals surface area contributed by atoms with Gasteiger partial charge in [-0.25, -0.2) is 4.68 Å². The number of carbonyl (C=O) groups excluding carboxylic acids is 1. The molecule has 6 heteroatoms. The molecular formula is C10H17N5O. The van der Waals surface area contributed by atoms with E-state index in [0.29, 0.717) is 13.0 Å². The molecule has 0 aliphatic heterocycles. The molecule has 16 heavy (non-hydrogen) atoms. The van der Waals surface area contributed by atoms with Crippen LogP contribution in [0.3, 0.4) is 0 Å². The van der Waals surface area contributed by atoms with Crippen molar-refractivity contribution in [2.45, 2.75) is 39.2 Å². The summed E-state index contributed by atoms with van der Waals surface area (Å²) in [5, 5.41) is 14.4. The minimum Gasteiger partial charge on any atom is -0.355 e. The first kappa shape index (κ1) is 11.0. The summed E-state index contributed by atoms with van der Waals surface area (Å²) in [7, 11) is 0. The van der Waals surface area contributed by atoms with Gasteiger partial charge in [-0.1, -0.05) is 0 Å². The standard InChI is InChI=1S/C10H17N5O/c1-7(2)15-9(12-13-14-15)5-6-11-10(16)8-3-4-8/h7-8H,3-6H2,1-2H3,(H,11,16). The normalized spacial score (nSPS) is 15.4. The summed E-state index contributed by atoms with van der Waals surface area (Å²) in [4.78, 5) is 11.4. The van der Waals surface area contributed by atoms with Gasteiger partial charge in [0, 0.05) is 18.9 Å². The smallest absolute Gasteiger partial charge is 0.223 e. The zero-order valence-corrected chi connectivity index (χ0v) is 9.68. The number of aromatic nitrogens is 4. The third-order valence-corrected chi connectivity index (χ3v) is 2.65. The molecule has 1 heterocycles. The minimum absolute atomic E-state index is 0.170. The van der Waals surface area contributed by atoms with Gasteiger partial charge in [0.05, 0.1) is 6.04 Å². The third-order valence-electron chi connectivity index (χ3n) is 2.65. The van der Waals surface area contributed by atoms with Crippen molar-refractivity contribution in [1.29, 1.82) is 0 Å². The average Bonchev–Trinajstić information content (AvgIpc) is 2.98. The van der Waals surface area contributed by atoms with Crippen molar-refractivity contribution in [1.82, 2.24) is 25.5 Å². The second-order valence-electron chi connectivity index (χ2n) is 4.45. The minimum atomic E-state index is 0.170. The molecule has 1 amide bonds. The quantitative estimate of drug-likeness (QED) is 0.780. The van der Waals surface area contributed by atoms with Gasteiger partial charge in [0.1, 0.15) is 0 Å². The molecule has 1 fully saturated rings. The monoisotopic (exact) mass is 223 g/mol. The molecule has 1 aromatic rings. The molecule has 2 rings (SSSR count). The highest BCUT2D eigenvalue weighted by atomic mass is 16.2. The van der Waals surface area contributed by atoms with Crippen LogP contribution in [0.1, 0.15) is 38.6 Å². The van der Waals surface area contributed by atoms with Gasteiger partial charge in [0.2, 0.25) is 5.91 Å². The lowest BCUT2D eigenvalue weighted by molar-refractivity contribution is -0.122. The summed E-state index contributed by atoms with van der Waals surface area (Å²) in [5.41, 5.74) is 0. The molecule has 1 saturated carbocycles. The Morgan fingerprint density at radius 1 is 1.56 bits per heavy atom. The fourth-order valence-corrected chi connectivity index (χ4v) is 1.57. The van der Waals surface area contributed by atoms with E-state index < -0.39 is 0 Å². The zero-order chi connectivity index (χ0) is 11.5. The van der Waals surface area contributed by atoms with Crippen LogP contribution in [0.4, 0.5) is 0 Å². The molecule has 0 spiro atoms. The number of nitrogens with zero attached hydrogens (tertiary/aromatic N) is 4. The largest absolute Gasteiger partial charge is 0.355 e. The van der Waals surface area contributed by atoms with E-state index >= 15 is 0 Å². The Labute approximate surface area is 94.4 Å². The average molecular weight is 223 g/mol. The van der Waals surface area contributed by atoms with Gasteiger partial charge in [-0.2, -0.15) is 0 Å². The molecule has 0 unspecified atom stereocenters. The molecule has 0 atom stereocenters. The van der Waals surface area contributed by atoms with Crippen LogP contribution in [0, 0.1) is 5.92 Å². The molecule has 0 saturated heterocycles. The third kappa shape index (κ3) is 2.56. The van der Waals surface area contributed by atoms with Crippen molar-refractivity contribution in [3.05, 3.63) is 5.82 Å². The maximum absolute atomic E-state index is 11.4. The lowest BCUT2D eigenvalue weighted by atomic mass is 10.3. The lowest BCUT2D eigenvalue weighted by Crippen LogP contribution is -2.27. The summed E-state index contributed by atoms with van der Waals surface area (Å²) in [6.45, 7) is 4.67. The zero-order valence-electron chi connectivity index (χ0n) is 9.68. The highest BCUT2D eigenvalue weighted by molar-refractivity contribution is 5.80. The topological polar surface area (TPSA) is 72.7 Å². The van der Waals surface area contributed by atoms with Gasteiger partial charge >= 0.3 is 0 Å². The summed E-state index contributed by atoms with van der Waals surface area (Å²) in [6, 6.07) is 0.254. The van der Waals surface area contributed by atoms with Crippen molar-refractivity contribution in [3.8, 4) is 0 Å². The number of hydrogen-bond acceptors (Lipinski definition) is 4. The second kappa shape index (κ2) is 4.59.